The Labute approximate surface area is 216 Å². The minimum absolute atomic E-state index is 0.0269. The van der Waals surface area contributed by atoms with Gasteiger partial charge in [-0.2, -0.15) is 0 Å². The Bertz CT molecular complexity index is 1140. The molecule has 5 atom stereocenters. The molecule has 2 aliphatic rings. The fourth-order valence-corrected chi connectivity index (χ4v) is 6.95. The van der Waals surface area contributed by atoms with Crippen LogP contribution < -0.4 is 21.5 Å². The zero-order chi connectivity index (χ0) is 25.6. The predicted octanol–water partition coefficient (Wildman–Crippen LogP) is 4.35. The lowest BCUT2D eigenvalue weighted by molar-refractivity contribution is -0.149. The first-order valence-electron chi connectivity index (χ1n) is 12.0. The number of ketones is 2. The lowest BCUT2D eigenvalue weighted by Gasteiger charge is -2.66. The molecule has 2 aromatic carbocycles. The molecule has 0 aromatic heterocycles. The molecular formula is C27H33Cl2N3O3. The van der Waals surface area contributed by atoms with Gasteiger partial charge >= 0.3 is 0 Å². The first-order chi connectivity index (χ1) is 16.5. The van der Waals surface area contributed by atoms with E-state index in [4.69, 9.17) is 39.4 Å². The number of fused-ring (bicyclic) bond motifs is 1. The van der Waals surface area contributed by atoms with E-state index in [1.165, 1.54) is 6.92 Å². The van der Waals surface area contributed by atoms with Crippen molar-refractivity contribution in [3.8, 4) is 5.75 Å². The van der Waals surface area contributed by atoms with Crippen LogP contribution in [0.4, 0.5) is 0 Å². The number of nitrogens with two attached hydrogens (primary N) is 2. The minimum atomic E-state index is -1.14. The molecule has 6 nitrogen and oxygen atoms in total. The molecule has 1 aliphatic carbocycles. The summed E-state index contributed by atoms with van der Waals surface area (Å²) in [6.07, 6.45) is 1.85. The van der Waals surface area contributed by atoms with Gasteiger partial charge in [-0.15, -0.1) is 0 Å². The van der Waals surface area contributed by atoms with Crippen molar-refractivity contribution in [1.29, 1.82) is 0 Å². The van der Waals surface area contributed by atoms with Crippen molar-refractivity contribution in [3.63, 3.8) is 0 Å². The van der Waals surface area contributed by atoms with E-state index in [0.29, 0.717) is 35.1 Å². The summed E-state index contributed by atoms with van der Waals surface area (Å²) in [4.78, 5) is 24.8. The number of Topliss-reactive ketones (excluding diaryl/α,β-unsaturated/α-hetero) is 2. The molecule has 0 radical (unpaired) electrons. The first-order valence-corrected chi connectivity index (χ1v) is 12.8. The van der Waals surface area contributed by atoms with E-state index in [1.807, 2.05) is 32.0 Å². The lowest BCUT2D eigenvalue weighted by atomic mass is 9.43. The van der Waals surface area contributed by atoms with Crippen LogP contribution in [0.2, 0.25) is 10.0 Å². The van der Waals surface area contributed by atoms with Gasteiger partial charge in [0.25, 0.3) is 0 Å². The molecule has 2 fully saturated rings. The fourth-order valence-electron chi connectivity index (χ4n) is 6.53. The average molecular weight is 518 g/mol. The molecule has 188 valence electrons. The van der Waals surface area contributed by atoms with Gasteiger partial charge < -0.3 is 21.5 Å². The van der Waals surface area contributed by atoms with Gasteiger partial charge in [-0.3, -0.25) is 9.59 Å². The molecule has 2 aromatic rings. The van der Waals surface area contributed by atoms with Gasteiger partial charge in [-0.1, -0.05) is 48.3 Å². The number of hydrogen-bond donors (Lipinski definition) is 3. The molecule has 0 spiro atoms. The van der Waals surface area contributed by atoms with Gasteiger partial charge in [0.1, 0.15) is 12.4 Å². The van der Waals surface area contributed by atoms with Gasteiger partial charge in [0.15, 0.2) is 11.6 Å². The molecule has 1 saturated heterocycles. The normalized spacial score (nSPS) is 32.7. The van der Waals surface area contributed by atoms with Gasteiger partial charge in [0.2, 0.25) is 0 Å². The number of rotatable bonds is 6. The highest BCUT2D eigenvalue weighted by molar-refractivity contribution is 6.31. The summed E-state index contributed by atoms with van der Waals surface area (Å²) in [5.74, 6) is 0.248. The number of ether oxygens (including phenoxy) is 1. The maximum Gasteiger partial charge on any atom is 0.167 e. The highest BCUT2D eigenvalue weighted by Crippen LogP contribution is 2.61. The van der Waals surface area contributed by atoms with Crippen molar-refractivity contribution in [1.82, 2.24) is 5.32 Å². The molecule has 5 N–H and O–H groups in total. The van der Waals surface area contributed by atoms with Crippen LogP contribution in [0.25, 0.3) is 0 Å². The van der Waals surface area contributed by atoms with E-state index < -0.39 is 16.5 Å². The average Bonchev–Trinajstić information content (AvgIpc) is 2.83. The number of carbonyl (C=O) groups is 2. The standard InChI is InChI=1S/C27H33Cl2N3O3/c1-4-25-12-11-22(21-10-9-20(13-23(21)29)35-15-16(2)33)26(30,18-5-7-19(28)8-6-18)27(25,31)17(3)32-14-24(25)34/h5-10,13,17,22,32H,4,11-12,14-15,30-31H2,1-3H3. The van der Waals surface area contributed by atoms with Crippen molar-refractivity contribution >= 4 is 34.8 Å². The topological polar surface area (TPSA) is 107 Å². The quantitative estimate of drug-likeness (QED) is 0.525. The number of hydrogen-bond acceptors (Lipinski definition) is 6. The van der Waals surface area contributed by atoms with E-state index in [-0.39, 0.29) is 36.7 Å². The Morgan fingerprint density at radius 1 is 1.17 bits per heavy atom. The SMILES string of the molecule is CCC12CCC(c3ccc(OCC(C)=O)cc3Cl)C(N)(c3ccc(Cl)cc3)C1(N)C(C)NCC2=O. The Morgan fingerprint density at radius 2 is 1.86 bits per heavy atom. The molecular weight excluding hydrogens is 485 g/mol. The van der Waals surface area contributed by atoms with Crippen LogP contribution in [-0.2, 0) is 15.1 Å². The monoisotopic (exact) mass is 517 g/mol. The van der Waals surface area contributed by atoms with Crippen LogP contribution in [-0.4, -0.2) is 36.3 Å². The molecule has 5 unspecified atom stereocenters. The number of benzene rings is 2. The van der Waals surface area contributed by atoms with Crippen molar-refractivity contribution in [2.45, 2.75) is 63.1 Å². The molecule has 0 amide bonds. The number of halogens is 2. The summed E-state index contributed by atoms with van der Waals surface area (Å²) in [5.41, 5.74) is 13.6. The Hall–Kier alpha value is -1.96. The smallest absolute Gasteiger partial charge is 0.167 e. The molecule has 1 saturated carbocycles. The highest BCUT2D eigenvalue weighted by atomic mass is 35.5. The molecule has 0 bridgehead atoms. The van der Waals surface area contributed by atoms with Crippen LogP contribution >= 0.6 is 23.2 Å². The summed E-state index contributed by atoms with van der Waals surface area (Å²) in [7, 11) is 0. The van der Waals surface area contributed by atoms with E-state index in [9.17, 15) is 9.59 Å². The first kappa shape index (κ1) is 26.1. The second kappa shape index (κ2) is 9.49. The van der Waals surface area contributed by atoms with Gasteiger partial charge in [0, 0.05) is 22.0 Å². The van der Waals surface area contributed by atoms with Crippen LogP contribution in [0.5, 0.6) is 5.75 Å². The van der Waals surface area contributed by atoms with E-state index in [0.717, 1.165) is 11.1 Å². The van der Waals surface area contributed by atoms with Gasteiger partial charge in [-0.05, 0) is 68.5 Å². The highest BCUT2D eigenvalue weighted by Gasteiger charge is 2.70. The summed E-state index contributed by atoms with van der Waals surface area (Å²) in [6.45, 7) is 5.75. The second-order valence-electron chi connectivity index (χ2n) is 9.97. The Kier molecular flexibility index (Phi) is 7.08. The predicted molar refractivity (Wildman–Crippen MR) is 139 cm³/mol. The number of carbonyl (C=O) groups excluding carboxylic acids is 2. The summed E-state index contributed by atoms with van der Waals surface area (Å²) >= 11 is 13.0. The van der Waals surface area contributed by atoms with Crippen molar-refractivity contribution in [2.24, 2.45) is 16.9 Å². The molecule has 1 heterocycles. The maximum absolute atomic E-state index is 13.5. The molecule has 1 aliphatic heterocycles. The minimum Gasteiger partial charge on any atom is -0.486 e. The Balaban J connectivity index is 1.91. The molecule has 4 rings (SSSR count). The van der Waals surface area contributed by atoms with E-state index in [1.54, 1.807) is 24.3 Å². The third-order valence-corrected chi connectivity index (χ3v) is 8.97. The largest absolute Gasteiger partial charge is 0.486 e. The van der Waals surface area contributed by atoms with Crippen LogP contribution in [0.15, 0.2) is 42.5 Å². The zero-order valence-electron chi connectivity index (χ0n) is 20.4. The van der Waals surface area contributed by atoms with Crippen molar-refractivity contribution in [2.75, 3.05) is 13.2 Å². The Morgan fingerprint density at radius 3 is 2.46 bits per heavy atom. The van der Waals surface area contributed by atoms with Crippen molar-refractivity contribution in [3.05, 3.63) is 63.6 Å². The number of piperidine rings is 1. The fraction of sp³-hybridized carbons (Fsp3) is 0.481. The third-order valence-electron chi connectivity index (χ3n) is 8.39. The second-order valence-corrected chi connectivity index (χ2v) is 10.8. The molecule has 35 heavy (non-hydrogen) atoms. The maximum atomic E-state index is 13.5. The van der Waals surface area contributed by atoms with E-state index >= 15 is 0 Å². The summed E-state index contributed by atoms with van der Waals surface area (Å²) < 4.78 is 5.55. The van der Waals surface area contributed by atoms with Gasteiger partial charge in [-0.25, -0.2) is 0 Å². The van der Waals surface area contributed by atoms with E-state index in [2.05, 4.69) is 5.32 Å². The van der Waals surface area contributed by atoms with Crippen LogP contribution in [0.1, 0.15) is 57.1 Å². The molecule has 8 heteroatoms. The summed E-state index contributed by atoms with van der Waals surface area (Å²) in [6, 6.07) is 12.6. The van der Waals surface area contributed by atoms with Crippen molar-refractivity contribution < 1.29 is 14.3 Å². The third kappa shape index (κ3) is 3.91. The number of nitrogens with one attached hydrogen (secondary N) is 1. The summed E-state index contributed by atoms with van der Waals surface area (Å²) in [5, 5.41) is 4.40. The van der Waals surface area contributed by atoms with Crippen LogP contribution in [0, 0.1) is 5.41 Å². The zero-order valence-corrected chi connectivity index (χ0v) is 21.9. The van der Waals surface area contributed by atoms with Gasteiger partial charge in [0.05, 0.1) is 23.0 Å². The van der Waals surface area contributed by atoms with Crippen LogP contribution in [0.3, 0.4) is 0 Å². The lowest BCUT2D eigenvalue weighted by Crippen LogP contribution is -2.85.